The van der Waals surface area contributed by atoms with Crippen LogP contribution >= 0.6 is 0 Å². The lowest BCUT2D eigenvalue weighted by Gasteiger charge is -2.20. The summed E-state index contributed by atoms with van der Waals surface area (Å²) in [7, 11) is 0. The van der Waals surface area contributed by atoms with Gasteiger partial charge in [-0.25, -0.2) is 0 Å². The van der Waals surface area contributed by atoms with E-state index in [4.69, 9.17) is 5.26 Å². The topological polar surface area (TPSA) is 40.8 Å². The Kier molecular flexibility index (Phi) is 5.03. The summed E-state index contributed by atoms with van der Waals surface area (Å²) >= 11 is 0. The number of nitrogens with zero attached hydrogens (tertiary/aromatic N) is 2. The minimum Gasteiger partial charge on any atom is -0.347 e. The molecule has 0 radical (unpaired) electrons. The maximum Gasteiger partial charge on any atom is 0.0621 e. The zero-order valence-corrected chi connectivity index (χ0v) is 13.3. The highest BCUT2D eigenvalue weighted by Gasteiger charge is 2.12. The molecule has 0 amide bonds. The largest absolute Gasteiger partial charge is 0.347 e. The van der Waals surface area contributed by atoms with Gasteiger partial charge in [-0.3, -0.25) is 0 Å². The van der Waals surface area contributed by atoms with Crippen LogP contribution in [0.1, 0.15) is 45.6 Å². The Morgan fingerprint density at radius 2 is 1.95 bits per heavy atom. The lowest BCUT2D eigenvalue weighted by atomic mass is 10.1. The van der Waals surface area contributed by atoms with Gasteiger partial charge < -0.3 is 9.88 Å². The molecule has 0 fully saturated rings. The quantitative estimate of drug-likeness (QED) is 0.806. The zero-order chi connectivity index (χ0) is 15.3. The van der Waals surface area contributed by atoms with Gasteiger partial charge in [-0.05, 0) is 45.2 Å². The molecule has 1 N–H and O–H groups in total. The van der Waals surface area contributed by atoms with E-state index < -0.39 is 0 Å². The van der Waals surface area contributed by atoms with Crippen molar-refractivity contribution in [2.75, 3.05) is 0 Å². The first-order valence-electron chi connectivity index (χ1n) is 7.70. The van der Waals surface area contributed by atoms with E-state index in [2.05, 4.69) is 67.2 Å². The summed E-state index contributed by atoms with van der Waals surface area (Å²) < 4.78 is 2.33. The summed E-state index contributed by atoms with van der Waals surface area (Å²) in [6, 6.07) is 10.8. The second-order valence-electron chi connectivity index (χ2n) is 6.58. The van der Waals surface area contributed by atoms with Gasteiger partial charge >= 0.3 is 0 Å². The van der Waals surface area contributed by atoms with Crippen molar-refractivity contribution in [2.45, 2.75) is 58.7 Å². The van der Waals surface area contributed by atoms with Crippen molar-refractivity contribution in [2.24, 2.45) is 0 Å². The average molecular weight is 283 g/mol. The summed E-state index contributed by atoms with van der Waals surface area (Å²) in [4.78, 5) is 0. The van der Waals surface area contributed by atoms with Gasteiger partial charge in [0.25, 0.3) is 0 Å². The Morgan fingerprint density at radius 1 is 1.19 bits per heavy atom. The van der Waals surface area contributed by atoms with E-state index in [1.807, 2.05) is 0 Å². The summed E-state index contributed by atoms with van der Waals surface area (Å²) in [5, 5.41) is 13.5. The van der Waals surface area contributed by atoms with Gasteiger partial charge in [-0.1, -0.05) is 18.2 Å². The van der Waals surface area contributed by atoms with Gasteiger partial charge in [0.2, 0.25) is 0 Å². The van der Waals surface area contributed by atoms with Crippen LogP contribution in [-0.2, 0) is 13.1 Å². The predicted molar refractivity (Wildman–Crippen MR) is 88.0 cm³/mol. The molecule has 0 aliphatic carbocycles. The molecule has 0 saturated carbocycles. The molecule has 1 aromatic carbocycles. The minimum atomic E-state index is 0.121. The fraction of sp³-hybridized carbons (Fsp3) is 0.500. The van der Waals surface area contributed by atoms with Crippen LogP contribution < -0.4 is 5.32 Å². The van der Waals surface area contributed by atoms with E-state index in [0.717, 1.165) is 25.9 Å². The van der Waals surface area contributed by atoms with Crippen molar-refractivity contribution >= 4 is 10.9 Å². The fourth-order valence-corrected chi connectivity index (χ4v) is 2.50. The third-order valence-corrected chi connectivity index (χ3v) is 3.62. The molecule has 0 atom stereocenters. The van der Waals surface area contributed by atoms with Crippen molar-refractivity contribution in [3.63, 3.8) is 0 Å². The highest BCUT2D eigenvalue weighted by Crippen LogP contribution is 2.22. The van der Waals surface area contributed by atoms with E-state index >= 15 is 0 Å². The van der Waals surface area contributed by atoms with Crippen molar-refractivity contribution < 1.29 is 0 Å². The molecule has 21 heavy (non-hydrogen) atoms. The average Bonchev–Trinajstić information content (AvgIpc) is 2.79. The summed E-state index contributed by atoms with van der Waals surface area (Å²) in [6.07, 6.45) is 4.93. The first kappa shape index (κ1) is 15.6. The summed E-state index contributed by atoms with van der Waals surface area (Å²) in [6.45, 7) is 8.43. The third-order valence-electron chi connectivity index (χ3n) is 3.62. The molecule has 2 aromatic rings. The fourth-order valence-electron chi connectivity index (χ4n) is 2.50. The molecule has 0 aliphatic rings. The van der Waals surface area contributed by atoms with E-state index in [-0.39, 0.29) is 5.54 Å². The van der Waals surface area contributed by atoms with Crippen LogP contribution in [0.2, 0.25) is 0 Å². The number of fused-ring (bicyclic) bond motifs is 1. The first-order valence-corrected chi connectivity index (χ1v) is 7.70. The van der Waals surface area contributed by atoms with Gasteiger partial charge in [0.05, 0.1) is 6.07 Å². The Balaban J connectivity index is 2.16. The van der Waals surface area contributed by atoms with Crippen LogP contribution in [0.25, 0.3) is 10.9 Å². The molecule has 0 saturated heterocycles. The van der Waals surface area contributed by atoms with Gasteiger partial charge in [-0.2, -0.15) is 5.26 Å². The van der Waals surface area contributed by atoms with Gasteiger partial charge in [0.15, 0.2) is 0 Å². The minimum absolute atomic E-state index is 0.121. The third kappa shape index (κ3) is 4.34. The lowest BCUT2D eigenvalue weighted by molar-refractivity contribution is 0.425. The van der Waals surface area contributed by atoms with E-state index in [9.17, 15) is 0 Å². The molecule has 1 heterocycles. The number of aryl methyl sites for hydroxylation is 1. The molecular weight excluding hydrogens is 258 g/mol. The van der Waals surface area contributed by atoms with Crippen LogP contribution in [0.4, 0.5) is 0 Å². The molecule has 1 aromatic heterocycles. The SMILES string of the molecule is CC(C)(C)NCc1cn(CCCCC#N)c2ccccc12. The van der Waals surface area contributed by atoms with Crippen molar-refractivity contribution in [1.82, 2.24) is 9.88 Å². The van der Waals surface area contributed by atoms with E-state index in [1.165, 1.54) is 16.5 Å². The van der Waals surface area contributed by atoms with E-state index in [1.54, 1.807) is 0 Å². The molecular formula is C18H25N3. The molecule has 0 bridgehead atoms. The molecule has 0 aliphatic heterocycles. The number of nitriles is 1. The monoisotopic (exact) mass is 283 g/mol. The number of benzene rings is 1. The molecule has 112 valence electrons. The second-order valence-corrected chi connectivity index (χ2v) is 6.58. The summed E-state index contributed by atoms with van der Waals surface area (Å²) in [5.74, 6) is 0. The smallest absolute Gasteiger partial charge is 0.0621 e. The summed E-state index contributed by atoms with van der Waals surface area (Å²) in [5.41, 5.74) is 2.76. The number of rotatable bonds is 6. The number of para-hydroxylation sites is 1. The van der Waals surface area contributed by atoms with Crippen LogP contribution in [0.15, 0.2) is 30.5 Å². The lowest BCUT2D eigenvalue weighted by Crippen LogP contribution is -2.34. The predicted octanol–water partition coefficient (Wildman–Crippen LogP) is 4.22. The van der Waals surface area contributed by atoms with Crippen molar-refractivity contribution in [3.8, 4) is 6.07 Å². The number of hydrogen-bond acceptors (Lipinski definition) is 2. The van der Waals surface area contributed by atoms with Crippen LogP contribution in [-0.4, -0.2) is 10.1 Å². The number of nitrogens with one attached hydrogen (secondary N) is 1. The molecule has 3 nitrogen and oxygen atoms in total. The zero-order valence-electron chi connectivity index (χ0n) is 13.3. The number of aromatic nitrogens is 1. The van der Waals surface area contributed by atoms with Gasteiger partial charge in [0, 0.05) is 42.1 Å². The standard InChI is InChI=1S/C18H25N3/c1-18(2,3)20-13-15-14-21(12-8-4-7-11-19)17-10-6-5-9-16(15)17/h5-6,9-10,14,20H,4,7-8,12-13H2,1-3H3. The number of hydrogen-bond donors (Lipinski definition) is 1. The number of unbranched alkanes of at least 4 members (excludes halogenated alkanes) is 2. The Bertz CT molecular complexity index is 626. The second kappa shape index (κ2) is 6.78. The van der Waals surface area contributed by atoms with E-state index in [0.29, 0.717) is 6.42 Å². The van der Waals surface area contributed by atoms with Crippen molar-refractivity contribution in [1.29, 1.82) is 5.26 Å². The van der Waals surface area contributed by atoms with Gasteiger partial charge in [-0.15, -0.1) is 0 Å². The Hall–Kier alpha value is -1.79. The maximum atomic E-state index is 8.62. The highest BCUT2D eigenvalue weighted by molar-refractivity contribution is 5.83. The Morgan fingerprint density at radius 3 is 2.67 bits per heavy atom. The van der Waals surface area contributed by atoms with Crippen LogP contribution in [0, 0.1) is 11.3 Å². The maximum absolute atomic E-state index is 8.62. The van der Waals surface area contributed by atoms with Crippen LogP contribution in [0.5, 0.6) is 0 Å². The molecule has 0 unspecified atom stereocenters. The normalized spacial score (nSPS) is 11.7. The van der Waals surface area contributed by atoms with Crippen molar-refractivity contribution in [3.05, 3.63) is 36.0 Å². The molecule has 3 heteroatoms. The molecule has 2 rings (SSSR count). The Labute approximate surface area is 127 Å². The van der Waals surface area contributed by atoms with Gasteiger partial charge in [0.1, 0.15) is 0 Å². The first-order chi connectivity index (χ1) is 10.0. The highest BCUT2D eigenvalue weighted by atomic mass is 15.0. The molecule has 0 spiro atoms. The van der Waals surface area contributed by atoms with Crippen LogP contribution in [0.3, 0.4) is 0 Å².